The first kappa shape index (κ1) is 17.5. The van der Waals surface area contributed by atoms with Gasteiger partial charge in [0.2, 0.25) is 11.1 Å². The minimum absolute atomic E-state index is 0.110. The highest BCUT2D eigenvalue weighted by Crippen LogP contribution is 2.22. The lowest BCUT2D eigenvalue weighted by atomic mass is 10.3. The summed E-state index contributed by atoms with van der Waals surface area (Å²) in [6.45, 7) is 2.60. The van der Waals surface area contributed by atoms with Gasteiger partial charge in [-0.15, -0.1) is 16.4 Å². The van der Waals surface area contributed by atoms with E-state index in [0.29, 0.717) is 37.0 Å². The lowest BCUT2D eigenvalue weighted by Gasteiger charge is -2.04. The van der Waals surface area contributed by atoms with E-state index in [-0.39, 0.29) is 17.6 Å². The number of carbonyl (C=O) groups is 2. The van der Waals surface area contributed by atoms with Crippen molar-refractivity contribution in [2.75, 3.05) is 18.9 Å². The number of nitrogens with zero attached hydrogens (tertiary/aromatic N) is 2. The number of ether oxygens (including phenoxy) is 1. The number of hydrogen-bond acceptors (Lipinski definition) is 7. The Balaban J connectivity index is 1.64. The molecule has 0 unspecified atom stereocenters. The molecule has 23 heavy (non-hydrogen) atoms. The second-order valence-electron chi connectivity index (χ2n) is 4.49. The fourth-order valence-electron chi connectivity index (χ4n) is 1.71. The number of aromatic nitrogens is 3. The Labute approximate surface area is 142 Å². The zero-order valence-corrected chi connectivity index (χ0v) is 14.3. The summed E-state index contributed by atoms with van der Waals surface area (Å²) >= 11 is 2.84. The first-order chi connectivity index (χ1) is 11.2. The number of nitrogens with one attached hydrogen (secondary N) is 2. The van der Waals surface area contributed by atoms with E-state index in [4.69, 9.17) is 4.74 Å². The molecule has 0 aliphatic carbocycles. The number of thiophene rings is 1. The van der Waals surface area contributed by atoms with Gasteiger partial charge in [0.1, 0.15) is 0 Å². The van der Waals surface area contributed by atoms with Crippen molar-refractivity contribution in [3.05, 3.63) is 17.5 Å². The fraction of sp³-hybridized carbons (Fsp3) is 0.429. The molecule has 0 bridgehead atoms. The molecule has 7 nitrogen and oxygen atoms in total. The summed E-state index contributed by atoms with van der Waals surface area (Å²) in [7, 11) is 0. The fourth-order valence-corrected chi connectivity index (χ4v) is 3.00. The van der Waals surface area contributed by atoms with Crippen LogP contribution in [0.4, 0.5) is 0 Å². The maximum Gasteiger partial charge on any atom is 0.305 e. The first-order valence-corrected chi connectivity index (χ1v) is 9.07. The second-order valence-corrected chi connectivity index (χ2v) is 6.38. The third-order valence-electron chi connectivity index (χ3n) is 2.74. The number of H-pyrrole nitrogens is 1. The molecule has 0 aliphatic heterocycles. The van der Waals surface area contributed by atoms with Gasteiger partial charge in [-0.2, -0.15) is 0 Å². The van der Waals surface area contributed by atoms with E-state index in [9.17, 15) is 9.59 Å². The van der Waals surface area contributed by atoms with E-state index in [0.717, 1.165) is 4.88 Å². The summed E-state index contributed by atoms with van der Waals surface area (Å²) in [5, 5.41) is 12.2. The smallest absolute Gasteiger partial charge is 0.305 e. The van der Waals surface area contributed by atoms with Gasteiger partial charge in [0.05, 0.1) is 17.2 Å². The van der Waals surface area contributed by atoms with Crippen molar-refractivity contribution >= 4 is 35.0 Å². The summed E-state index contributed by atoms with van der Waals surface area (Å²) < 4.78 is 4.81. The van der Waals surface area contributed by atoms with E-state index < -0.39 is 0 Å². The first-order valence-electron chi connectivity index (χ1n) is 7.20. The standard InChI is InChI=1S/C14H18N4O3S2/c1-2-21-12(20)6-3-7-15-11(19)9-23-14-16-13(17-18-14)10-5-4-8-22-10/h4-5,8H,2-3,6-7,9H2,1H3,(H,15,19)(H,16,17,18). The van der Waals surface area contributed by atoms with Crippen LogP contribution in [0.1, 0.15) is 19.8 Å². The van der Waals surface area contributed by atoms with E-state index in [1.54, 1.807) is 18.3 Å². The average molecular weight is 354 g/mol. The van der Waals surface area contributed by atoms with E-state index >= 15 is 0 Å². The van der Waals surface area contributed by atoms with Crippen molar-refractivity contribution in [1.29, 1.82) is 0 Å². The Morgan fingerprint density at radius 3 is 3.09 bits per heavy atom. The van der Waals surface area contributed by atoms with Crippen molar-refractivity contribution in [3.8, 4) is 10.7 Å². The van der Waals surface area contributed by atoms with Crippen LogP contribution in [-0.2, 0) is 14.3 Å². The Kier molecular flexibility index (Phi) is 7.08. The highest BCUT2D eigenvalue weighted by atomic mass is 32.2. The van der Waals surface area contributed by atoms with Crippen LogP contribution in [0, 0.1) is 0 Å². The van der Waals surface area contributed by atoms with Gasteiger partial charge in [-0.05, 0) is 24.8 Å². The number of amides is 1. The number of thioether (sulfide) groups is 1. The minimum atomic E-state index is -0.238. The SMILES string of the molecule is CCOC(=O)CCCNC(=O)CSc1n[nH]c(-c2cccs2)n1. The molecule has 124 valence electrons. The van der Waals surface area contributed by atoms with Crippen LogP contribution >= 0.6 is 23.1 Å². The molecule has 0 saturated heterocycles. The number of carbonyl (C=O) groups excluding carboxylic acids is 2. The van der Waals surface area contributed by atoms with E-state index in [1.165, 1.54) is 11.8 Å². The van der Waals surface area contributed by atoms with E-state index in [2.05, 4.69) is 20.5 Å². The predicted octanol–water partition coefficient (Wildman–Crippen LogP) is 2.08. The van der Waals surface area contributed by atoms with Crippen LogP contribution in [0.15, 0.2) is 22.7 Å². The number of rotatable bonds is 9. The van der Waals surface area contributed by atoms with Gasteiger partial charge < -0.3 is 10.1 Å². The molecule has 2 N–H and O–H groups in total. The van der Waals surface area contributed by atoms with Crippen molar-refractivity contribution in [2.45, 2.75) is 24.9 Å². The molecule has 0 aliphatic rings. The molecule has 2 rings (SSSR count). The van der Waals surface area contributed by atoms with Crippen molar-refractivity contribution in [1.82, 2.24) is 20.5 Å². The summed E-state index contributed by atoms with van der Waals surface area (Å²) in [6.07, 6.45) is 0.880. The topological polar surface area (TPSA) is 97.0 Å². The quantitative estimate of drug-likeness (QED) is 0.406. The van der Waals surface area contributed by atoms with Crippen LogP contribution in [0.2, 0.25) is 0 Å². The zero-order chi connectivity index (χ0) is 16.5. The van der Waals surface area contributed by atoms with Gasteiger partial charge in [0.15, 0.2) is 5.82 Å². The van der Waals surface area contributed by atoms with Crippen LogP contribution in [0.3, 0.4) is 0 Å². The maximum atomic E-state index is 11.7. The molecule has 0 saturated carbocycles. The Bertz CT molecular complexity index is 628. The molecule has 2 heterocycles. The number of aromatic amines is 1. The lowest BCUT2D eigenvalue weighted by molar-refractivity contribution is -0.143. The van der Waals surface area contributed by atoms with Gasteiger partial charge in [-0.25, -0.2) is 4.98 Å². The molecule has 2 aromatic rings. The maximum absolute atomic E-state index is 11.7. The van der Waals surface area contributed by atoms with E-state index in [1.807, 2.05) is 17.5 Å². The molecule has 0 fully saturated rings. The molecule has 1 amide bonds. The van der Waals surface area contributed by atoms with Gasteiger partial charge in [-0.3, -0.25) is 14.7 Å². The lowest BCUT2D eigenvalue weighted by Crippen LogP contribution is -2.26. The number of esters is 1. The summed E-state index contributed by atoms with van der Waals surface area (Å²) in [4.78, 5) is 28.2. The van der Waals surface area contributed by atoms with Crippen LogP contribution in [0.25, 0.3) is 10.7 Å². The molecular formula is C14H18N4O3S2. The van der Waals surface area contributed by atoms with Gasteiger partial charge in [0, 0.05) is 13.0 Å². The Morgan fingerprint density at radius 1 is 1.48 bits per heavy atom. The minimum Gasteiger partial charge on any atom is -0.466 e. The zero-order valence-electron chi connectivity index (χ0n) is 12.7. The highest BCUT2D eigenvalue weighted by Gasteiger charge is 2.09. The summed E-state index contributed by atoms with van der Waals surface area (Å²) in [6, 6.07) is 3.90. The third kappa shape index (κ3) is 6.03. The Morgan fingerprint density at radius 2 is 2.35 bits per heavy atom. The average Bonchev–Trinajstić information content (AvgIpc) is 3.20. The van der Waals surface area contributed by atoms with Crippen molar-refractivity contribution in [2.24, 2.45) is 0 Å². The van der Waals surface area contributed by atoms with Crippen LogP contribution in [-0.4, -0.2) is 46.0 Å². The molecule has 0 spiro atoms. The van der Waals surface area contributed by atoms with Gasteiger partial charge in [-0.1, -0.05) is 17.8 Å². The largest absolute Gasteiger partial charge is 0.466 e. The Hall–Kier alpha value is -1.87. The summed E-state index contributed by atoms with van der Waals surface area (Å²) in [5.74, 6) is 0.595. The molecule has 9 heteroatoms. The predicted molar refractivity (Wildman–Crippen MR) is 89.3 cm³/mol. The number of hydrogen-bond donors (Lipinski definition) is 2. The summed E-state index contributed by atoms with van der Waals surface area (Å²) in [5.41, 5.74) is 0. The van der Waals surface area contributed by atoms with Crippen LogP contribution < -0.4 is 5.32 Å². The molecular weight excluding hydrogens is 336 g/mol. The molecule has 0 radical (unpaired) electrons. The monoisotopic (exact) mass is 354 g/mol. The third-order valence-corrected chi connectivity index (χ3v) is 4.46. The normalized spacial score (nSPS) is 10.5. The van der Waals surface area contributed by atoms with Crippen molar-refractivity contribution < 1.29 is 14.3 Å². The second kappa shape index (κ2) is 9.31. The van der Waals surface area contributed by atoms with Crippen LogP contribution in [0.5, 0.6) is 0 Å². The highest BCUT2D eigenvalue weighted by molar-refractivity contribution is 7.99. The van der Waals surface area contributed by atoms with Gasteiger partial charge in [0.25, 0.3) is 0 Å². The molecule has 0 atom stereocenters. The van der Waals surface area contributed by atoms with Gasteiger partial charge >= 0.3 is 5.97 Å². The molecule has 2 aromatic heterocycles. The van der Waals surface area contributed by atoms with Crippen molar-refractivity contribution in [3.63, 3.8) is 0 Å². The molecule has 0 aromatic carbocycles.